The minimum Gasteiger partial charge on any atom is -0.234 e. The molecule has 1 aromatic heterocycles. The topological polar surface area (TPSA) is 8.81 Å². The van der Waals surface area contributed by atoms with Crippen LogP contribution in [-0.2, 0) is 6.54 Å². The summed E-state index contributed by atoms with van der Waals surface area (Å²) < 4.78 is 4.74. The molecule has 0 amide bonds. The summed E-state index contributed by atoms with van der Waals surface area (Å²) in [6.07, 6.45) is 17.8. The van der Waals surface area contributed by atoms with Gasteiger partial charge < -0.3 is 0 Å². The molecule has 1 heterocycles. The summed E-state index contributed by atoms with van der Waals surface area (Å²) in [5, 5.41) is 0. The molecule has 0 bridgehead atoms. The van der Waals surface area contributed by atoms with Gasteiger partial charge in [0, 0.05) is 0 Å². The smallest absolute Gasteiger partial charge is 0.234 e. The number of nitrogens with zero attached hydrogens (tertiary/aromatic N) is 2. The zero-order valence-corrected chi connectivity index (χ0v) is 16.5. The molecule has 0 unspecified atom stereocenters. The molecule has 0 aliphatic carbocycles. The predicted molar refractivity (Wildman–Crippen MR) is 107 cm³/mol. The van der Waals surface area contributed by atoms with Gasteiger partial charge in [-0.3, -0.25) is 0 Å². The van der Waals surface area contributed by atoms with E-state index in [-0.39, 0.29) is 0 Å². The molecule has 1 atom stereocenters. The number of aromatic nitrogens is 2. The molecular weight excluding hydrogens is 304 g/mol. The molecule has 0 N–H and O–H groups in total. The van der Waals surface area contributed by atoms with Gasteiger partial charge in [-0.15, -0.1) is 0 Å². The number of imidazole rings is 1. The fourth-order valence-corrected chi connectivity index (χ4v) is 3.63. The molecule has 0 saturated carbocycles. The van der Waals surface area contributed by atoms with Crippen LogP contribution in [0.5, 0.6) is 0 Å². The van der Waals surface area contributed by atoms with Gasteiger partial charge in [0.15, 0.2) is 0 Å². The van der Waals surface area contributed by atoms with Gasteiger partial charge in [-0.2, -0.15) is 0 Å². The Morgan fingerprint density at radius 2 is 1.60 bits per heavy atom. The second-order valence-electron chi connectivity index (χ2n) is 7.74. The fraction of sp³-hybridized carbons (Fsp3) is 0.609. The number of hydrogen-bond acceptors (Lipinski definition) is 0. The van der Waals surface area contributed by atoms with E-state index >= 15 is 0 Å². The number of rotatable bonds is 12. The Balaban J connectivity index is 1.81. The third-order valence-corrected chi connectivity index (χ3v) is 5.18. The van der Waals surface area contributed by atoms with Gasteiger partial charge in [0.25, 0.3) is 0 Å². The quantitative estimate of drug-likeness (QED) is 0.323. The van der Waals surface area contributed by atoms with Crippen LogP contribution in [0.25, 0.3) is 0 Å². The van der Waals surface area contributed by atoms with E-state index in [0.29, 0.717) is 12.0 Å². The summed E-state index contributed by atoms with van der Waals surface area (Å²) in [6.45, 7) is 7.95. The molecule has 0 aliphatic heterocycles. The van der Waals surface area contributed by atoms with Crippen LogP contribution < -0.4 is 4.57 Å². The van der Waals surface area contributed by atoms with Gasteiger partial charge in [0.1, 0.15) is 25.0 Å². The van der Waals surface area contributed by atoms with Crippen LogP contribution in [0.15, 0.2) is 49.1 Å². The van der Waals surface area contributed by atoms with Crippen LogP contribution in [0.3, 0.4) is 0 Å². The highest BCUT2D eigenvalue weighted by atomic mass is 15.1. The number of benzene rings is 1. The summed E-state index contributed by atoms with van der Waals surface area (Å²) in [7, 11) is 0. The molecule has 1 aromatic carbocycles. The van der Waals surface area contributed by atoms with Gasteiger partial charge >= 0.3 is 0 Å². The summed E-state index contributed by atoms with van der Waals surface area (Å²) in [5.74, 6) is 0.678. The van der Waals surface area contributed by atoms with E-state index in [1.165, 1.54) is 56.9 Å². The van der Waals surface area contributed by atoms with Crippen molar-refractivity contribution in [2.24, 2.45) is 5.92 Å². The molecule has 2 heteroatoms. The van der Waals surface area contributed by atoms with E-state index in [2.05, 4.69) is 79.0 Å². The summed E-state index contributed by atoms with van der Waals surface area (Å²) in [5.41, 5.74) is 1.36. The third-order valence-electron chi connectivity index (χ3n) is 5.18. The van der Waals surface area contributed by atoms with Crippen LogP contribution >= 0.6 is 0 Å². The predicted octanol–water partition coefficient (Wildman–Crippen LogP) is 6.16. The Morgan fingerprint density at radius 3 is 2.28 bits per heavy atom. The maximum atomic E-state index is 2.44. The first-order chi connectivity index (χ1) is 12.2. The fourth-order valence-electron chi connectivity index (χ4n) is 3.63. The van der Waals surface area contributed by atoms with Gasteiger partial charge in [0.05, 0.1) is 0 Å². The molecule has 25 heavy (non-hydrogen) atoms. The van der Waals surface area contributed by atoms with Crippen molar-refractivity contribution in [2.75, 3.05) is 0 Å². The standard InChI is InChI=1S/C23H37N2/c1-4-5-6-7-8-9-13-16-23(21(2)3)25-18-17-24(20-25)19-22-14-11-10-12-15-22/h10-12,14-15,17-18,20-21,23H,4-9,13,16,19H2,1-3H3/q+1/t23-/m0/s1. The highest BCUT2D eigenvalue weighted by Crippen LogP contribution is 2.24. The molecule has 0 fully saturated rings. The van der Waals surface area contributed by atoms with E-state index < -0.39 is 0 Å². The first-order valence-electron chi connectivity index (χ1n) is 10.3. The molecule has 2 nitrogen and oxygen atoms in total. The van der Waals surface area contributed by atoms with Crippen molar-refractivity contribution in [3.05, 3.63) is 54.6 Å². The maximum Gasteiger partial charge on any atom is 0.244 e. The van der Waals surface area contributed by atoms with Crippen molar-refractivity contribution in [3.63, 3.8) is 0 Å². The zero-order valence-electron chi connectivity index (χ0n) is 16.5. The Hall–Kier alpha value is -1.57. The van der Waals surface area contributed by atoms with Crippen LogP contribution in [0.1, 0.15) is 83.7 Å². The molecule has 0 saturated heterocycles. The maximum absolute atomic E-state index is 2.44. The lowest BCUT2D eigenvalue weighted by atomic mass is 9.97. The summed E-state index contributed by atoms with van der Waals surface area (Å²) in [4.78, 5) is 0. The van der Waals surface area contributed by atoms with Gasteiger partial charge in [-0.05, 0) is 24.3 Å². The van der Waals surface area contributed by atoms with Gasteiger partial charge in [-0.1, -0.05) is 89.6 Å². The van der Waals surface area contributed by atoms with Crippen molar-refractivity contribution < 1.29 is 4.57 Å². The molecule has 2 aromatic rings. The Bertz CT molecular complexity index is 571. The van der Waals surface area contributed by atoms with E-state index in [1.54, 1.807) is 0 Å². The second kappa shape index (κ2) is 11.1. The van der Waals surface area contributed by atoms with E-state index in [1.807, 2.05) is 0 Å². The lowest BCUT2D eigenvalue weighted by Gasteiger charge is -2.17. The lowest BCUT2D eigenvalue weighted by Crippen LogP contribution is -2.32. The average molecular weight is 342 g/mol. The molecule has 0 spiro atoms. The minimum absolute atomic E-state index is 0.618. The van der Waals surface area contributed by atoms with E-state index in [0.717, 1.165) is 6.54 Å². The van der Waals surface area contributed by atoms with E-state index in [9.17, 15) is 0 Å². The molecular formula is C23H37N2+. The third kappa shape index (κ3) is 7.05. The average Bonchev–Trinajstić information content (AvgIpc) is 3.06. The summed E-state index contributed by atoms with van der Waals surface area (Å²) >= 11 is 0. The number of unbranched alkanes of at least 4 members (excludes halogenated alkanes) is 6. The minimum atomic E-state index is 0.618. The SMILES string of the molecule is CCCCCCCCC[C@@H](C(C)C)n1cc[n+](Cc2ccccc2)c1. The van der Waals surface area contributed by atoms with Gasteiger partial charge in [-0.25, -0.2) is 9.13 Å². The van der Waals surface area contributed by atoms with Crippen LogP contribution in [0.4, 0.5) is 0 Å². The molecule has 2 rings (SSSR count). The second-order valence-corrected chi connectivity index (χ2v) is 7.74. The summed E-state index contributed by atoms with van der Waals surface area (Å²) in [6, 6.07) is 11.3. The first-order valence-corrected chi connectivity index (χ1v) is 10.3. The van der Waals surface area contributed by atoms with Crippen molar-refractivity contribution in [1.82, 2.24) is 4.57 Å². The Morgan fingerprint density at radius 1 is 0.920 bits per heavy atom. The molecule has 138 valence electrons. The van der Waals surface area contributed by atoms with Crippen LogP contribution in [0, 0.1) is 5.92 Å². The van der Waals surface area contributed by atoms with Crippen molar-refractivity contribution >= 4 is 0 Å². The molecule has 0 radical (unpaired) electrons. The lowest BCUT2D eigenvalue weighted by molar-refractivity contribution is -0.688. The van der Waals surface area contributed by atoms with Crippen molar-refractivity contribution in [3.8, 4) is 0 Å². The zero-order chi connectivity index (χ0) is 17.9. The van der Waals surface area contributed by atoms with Gasteiger partial charge in [0.2, 0.25) is 6.33 Å². The van der Waals surface area contributed by atoms with Crippen molar-refractivity contribution in [1.29, 1.82) is 0 Å². The largest absolute Gasteiger partial charge is 0.244 e. The monoisotopic (exact) mass is 341 g/mol. The Labute approximate surface area is 154 Å². The molecule has 0 aliphatic rings. The normalized spacial score (nSPS) is 12.6. The van der Waals surface area contributed by atoms with E-state index in [4.69, 9.17) is 0 Å². The van der Waals surface area contributed by atoms with Crippen LogP contribution in [-0.4, -0.2) is 4.57 Å². The van der Waals surface area contributed by atoms with Crippen molar-refractivity contribution in [2.45, 2.75) is 84.7 Å². The Kier molecular flexibility index (Phi) is 8.79. The highest BCUT2D eigenvalue weighted by molar-refractivity contribution is 5.13. The number of hydrogen-bond donors (Lipinski definition) is 0. The highest BCUT2D eigenvalue weighted by Gasteiger charge is 2.20. The van der Waals surface area contributed by atoms with Crippen LogP contribution in [0.2, 0.25) is 0 Å². The first kappa shape index (κ1) is 19.8.